The van der Waals surface area contributed by atoms with Gasteiger partial charge in [-0.05, 0) is 59.7 Å². The summed E-state index contributed by atoms with van der Waals surface area (Å²) in [6, 6.07) is 0.924. The van der Waals surface area contributed by atoms with E-state index in [1.807, 2.05) is 20.8 Å². The highest BCUT2D eigenvalue weighted by atomic mass is 28.4. The third-order valence-corrected chi connectivity index (χ3v) is 10.1. The van der Waals surface area contributed by atoms with E-state index in [9.17, 15) is 0 Å². The van der Waals surface area contributed by atoms with E-state index in [2.05, 4.69) is 28.5 Å². The van der Waals surface area contributed by atoms with Gasteiger partial charge in [0.15, 0.2) is 0 Å². The monoisotopic (exact) mass is 501 g/mol. The molecule has 0 spiro atoms. The molecule has 0 bridgehead atoms. The lowest BCUT2D eigenvalue weighted by Gasteiger charge is -2.36. The van der Waals surface area contributed by atoms with Crippen molar-refractivity contribution in [3.8, 4) is 0 Å². The number of unbranched alkanes of at least 4 members (excludes halogenated alkanes) is 6. The van der Waals surface area contributed by atoms with Crippen molar-refractivity contribution in [1.82, 2.24) is 14.7 Å². The second-order valence-corrected chi connectivity index (χ2v) is 12.5. The smallest absolute Gasteiger partial charge is 0.374 e. The summed E-state index contributed by atoms with van der Waals surface area (Å²) in [5.41, 5.74) is 0. The summed E-state index contributed by atoms with van der Waals surface area (Å²) in [5.74, 6) is 0. The van der Waals surface area contributed by atoms with Crippen LogP contribution in [0.15, 0.2) is 0 Å². The van der Waals surface area contributed by atoms with Crippen molar-refractivity contribution in [3.05, 3.63) is 0 Å². The van der Waals surface area contributed by atoms with Crippen LogP contribution in [0.4, 0.5) is 0 Å². The highest BCUT2D eigenvalue weighted by Gasteiger charge is 2.39. The molecule has 0 aromatic heterocycles. The number of rotatable bonds is 23. The number of hydrogen-bond acceptors (Lipinski definition) is 6. The molecule has 0 N–H and O–H groups in total. The first-order chi connectivity index (χ1) is 16.6. The van der Waals surface area contributed by atoms with Gasteiger partial charge in [0.1, 0.15) is 0 Å². The fraction of sp³-hybridized carbons (Fsp3) is 1.00. The fourth-order valence-corrected chi connectivity index (χ4v) is 7.49. The Kier molecular flexibility index (Phi) is 19.9. The summed E-state index contributed by atoms with van der Waals surface area (Å²) < 4.78 is 18.1. The SMILES string of the molecule is CCCCCCN(CCCCCC)CCN1CCN(CCC[Si](OCC)(OCC)OCC)CC1. The molecule has 1 fully saturated rings. The predicted octanol–water partition coefficient (Wildman–Crippen LogP) is 5.51. The zero-order valence-electron chi connectivity index (χ0n) is 23.6. The second kappa shape index (κ2) is 21.1. The summed E-state index contributed by atoms with van der Waals surface area (Å²) in [6.07, 6.45) is 12.0. The Morgan fingerprint density at radius 3 is 1.47 bits per heavy atom. The van der Waals surface area contributed by atoms with E-state index in [0.717, 1.165) is 19.0 Å². The number of nitrogens with zero attached hydrogens (tertiary/aromatic N) is 3. The molecule has 0 amide bonds. The molecule has 7 heteroatoms. The van der Waals surface area contributed by atoms with Crippen molar-refractivity contribution < 1.29 is 13.3 Å². The predicted molar refractivity (Wildman–Crippen MR) is 148 cm³/mol. The highest BCUT2D eigenvalue weighted by molar-refractivity contribution is 6.60. The van der Waals surface area contributed by atoms with Crippen molar-refractivity contribution in [3.63, 3.8) is 0 Å². The van der Waals surface area contributed by atoms with Gasteiger partial charge in [0.2, 0.25) is 0 Å². The maximum Gasteiger partial charge on any atom is 0.500 e. The zero-order valence-corrected chi connectivity index (χ0v) is 24.6. The maximum atomic E-state index is 6.02. The van der Waals surface area contributed by atoms with Crippen molar-refractivity contribution in [2.24, 2.45) is 0 Å². The third kappa shape index (κ3) is 14.5. The molecule has 1 heterocycles. The van der Waals surface area contributed by atoms with E-state index in [4.69, 9.17) is 13.3 Å². The Bertz CT molecular complexity index is 422. The van der Waals surface area contributed by atoms with Crippen LogP contribution in [0.2, 0.25) is 6.04 Å². The van der Waals surface area contributed by atoms with Crippen LogP contribution in [-0.2, 0) is 13.3 Å². The number of hydrogen-bond donors (Lipinski definition) is 0. The summed E-state index contributed by atoms with van der Waals surface area (Å²) in [4.78, 5) is 8.05. The van der Waals surface area contributed by atoms with E-state index in [0.29, 0.717) is 19.8 Å². The van der Waals surface area contributed by atoms with Gasteiger partial charge in [-0.2, -0.15) is 0 Å². The minimum atomic E-state index is -2.49. The molecule has 1 saturated heterocycles. The van der Waals surface area contributed by atoms with Gasteiger partial charge in [-0.25, -0.2) is 0 Å². The molecule has 0 aromatic carbocycles. The molecule has 1 aliphatic rings. The Labute approximate surface area is 214 Å². The summed E-state index contributed by atoms with van der Waals surface area (Å²) >= 11 is 0. The molecule has 34 heavy (non-hydrogen) atoms. The second-order valence-electron chi connectivity index (χ2n) is 9.73. The standard InChI is InChI=1S/C27H59N3O3Si/c1-6-11-13-15-18-28(19-16-14-12-7-2)21-24-30-25-22-29(23-26-30)20-17-27-34(31-8-3,32-9-4)33-10-5/h6-27H2,1-5H3. The third-order valence-electron chi connectivity index (χ3n) is 6.90. The molecule has 204 valence electrons. The van der Waals surface area contributed by atoms with E-state index in [-0.39, 0.29) is 0 Å². The van der Waals surface area contributed by atoms with Gasteiger partial charge in [0.05, 0.1) is 0 Å². The molecule has 1 aliphatic heterocycles. The van der Waals surface area contributed by atoms with Gasteiger partial charge >= 0.3 is 8.80 Å². The van der Waals surface area contributed by atoms with E-state index in [1.165, 1.54) is 104 Å². The van der Waals surface area contributed by atoms with Gasteiger partial charge in [-0.3, -0.25) is 4.90 Å². The molecule has 0 saturated carbocycles. The van der Waals surface area contributed by atoms with Crippen molar-refractivity contribution in [1.29, 1.82) is 0 Å². The first-order valence-corrected chi connectivity index (χ1v) is 16.6. The van der Waals surface area contributed by atoms with Crippen LogP contribution in [0.3, 0.4) is 0 Å². The summed E-state index contributed by atoms with van der Waals surface area (Å²) in [7, 11) is -2.49. The van der Waals surface area contributed by atoms with Crippen molar-refractivity contribution in [2.45, 2.75) is 98.5 Å². The topological polar surface area (TPSA) is 37.4 Å². The van der Waals surface area contributed by atoms with Crippen molar-refractivity contribution >= 4 is 8.80 Å². The van der Waals surface area contributed by atoms with Crippen LogP contribution < -0.4 is 0 Å². The van der Waals surface area contributed by atoms with Gasteiger partial charge in [-0.1, -0.05) is 52.4 Å². The Morgan fingerprint density at radius 1 is 0.559 bits per heavy atom. The Balaban J connectivity index is 2.33. The number of piperazine rings is 1. The highest BCUT2D eigenvalue weighted by Crippen LogP contribution is 2.19. The minimum absolute atomic E-state index is 0.666. The van der Waals surface area contributed by atoms with Gasteiger partial charge < -0.3 is 23.1 Å². The van der Waals surface area contributed by atoms with Crippen LogP contribution in [0.5, 0.6) is 0 Å². The normalized spacial score (nSPS) is 16.1. The Hall–Kier alpha value is -0.0231. The summed E-state index contributed by atoms with van der Waals surface area (Å²) in [6.45, 7) is 23.6. The minimum Gasteiger partial charge on any atom is -0.374 e. The fourth-order valence-electron chi connectivity index (χ4n) is 4.90. The first kappa shape index (κ1) is 32.0. The van der Waals surface area contributed by atoms with Crippen molar-refractivity contribution in [2.75, 3.05) is 78.7 Å². The lowest BCUT2D eigenvalue weighted by atomic mass is 10.1. The molecule has 0 aromatic rings. The maximum absolute atomic E-state index is 6.02. The molecular weight excluding hydrogens is 442 g/mol. The summed E-state index contributed by atoms with van der Waals surface area (Å²) in [5, 5.41) is 0. The molecule has 0 aliphatic carbocycles. The average molecular weight is 502 g/mol. The lowest BCUT2D eigenvalue weighted by molar-refractivity contribution is 0.0684. The van der Waals surface area contributed by atoms with Crippen LogP contribution in [0.1, 0.15) is 92.4 Å². The van der Waals surface area contributed by atoms with Gasteiger partial charge in [0, 0.05) is 65.1 Å². The van der Waals surface area contributed by atoms with Crippen LogP contribution in [0.25, 0.3) is 0 Å². The quantitative estimate of drug-likeness (QED) is 0.136. The van der Waals surface area contributed by atoms with Gasteiger partial charge in [0.25, 0.3) is 0 Å². The molecular formula is C27H59N3O3Si. The zero-order chi connectivity index (χ0) is 24.9. The van der Waals surface area contributed by atoms with Crippen LogP contribution in [0, 0.1) is 0 Å². The molecule has 0 radical (unpaired) electrons. The molecule has 0 atom stereocenters. The van der Waals surface area contributed by atoms with E-state index < -0.39 is 8.80 Å². The van der Waals surface area contributed by atoms with Gasteiger partial charge in [-0.15, -0.1) is 0 Å². The average Bonchev–Trinajstić information content (AvgIpc) is 2.83. The first-order valence-electron chi connectivity index (χ1n) is 14.7. The Morgan fingerprint density at radius 2 is 1.03 bits per heavy atom. The van der Waals surface area contributed by atoms with Crippen LogP contribution in [-0.4, -0.2) is 102 Å². The van der Waals surface area contributed by atoms with E-state index in [1.54, 1.807) is 0 Å². The molecule has 1 rings (SSSR count). The van der Waals surface area contributed by atoms with Crippen LogP contribution >= 0.6 is 0 Å². The van der Waals surface area contributed by atoms with E-state index >= 15 is 0 Å². The molecule has 0 unspecified atom stereocenters. The lowest BCUT2D eigenvalue weighted by Crippen LogP contribution is -2.49. The molecule has 6 nitrogen and oxygen atoms in total. The largest absolute Gasteiger partial charge is 0.500 e.